The summed E-state index contributed by atoms with van der Waals surface area (Å²) in [6.45, 7) is 16.8. The van der Waals surface area contributed by atoms with Gasteiger partial charge in [-0.15, -0.1) is 0 Å². The van der Waals surface area contributed by atoms with Crippen molar-refractivity contribution in [1.82, 2.24) is 4.90 Å². The van der Waals surface area contributed by atoms with Crippen molar-refractivity contribution in [3.63, 3.8) is 0 Å². The Morgan fingerprint density at radius 1 is 0.617 bits per heavy atom. The van der Waals surface area contributed by atoms with Crippen LogP contribution in [0.1, 0.15) is 60.5 Å². The second-order valence-electron chi connectivity index (χ2n) is 18.3. The fourth-order valence-corrected chi connectivity index (χ4v) is 18.5. The summed E-state index contributed by atoms with van der Waals surface area (Å²) in [7, 11) is -4.26. The van der Waals surface area contributed by atoms with Crippen molar-refractivity contribution in [2.45, 2.75) is 95.5 Å². The van der Waals surface area contributed by atoms with Crippen LogP contribution in [0.4, 0.5) is 0 Å². The molecule has 5 aromatic carbocycles. The van der Waals surface area contributed by atoms with Crippen LogP contribution in [0.2, 0.25) is 10.1 Å². The minimum absolute atomic E-state index is 0.0338. The molecule has 0 unspecified atom stereocenters. The number of methoxy groups -OCH3 is 1. The fraction of sp³-hybridized carbons (Fsp3) is 0.353. The summed E-state index contributed by atoms with van der Waals surface area (Å²) in [5.74, 6) is -0.348. The number of allylic oxidation sites excluding steroid dienone is 1. The number of ether oxygens (including phenoxy) is 3. The molecule has 0 saturated carbocycles. The van der Waals surface area contributed by atoms with Crippen molar-refractivity contribution in [3.8, 4) is 5.75 Å². The molecule has 9 heteroatoms. The molecule has 5 aromatic rings. The Kier molecular flexibility index (Phi) is 12.9. The van der Waals surface area contributed by atoms with E-state index < -0.39 is 40.7 Å². The van der Waals surface area contributed by atoms with Gasteiger partial charge in [0.1, 0.15) is 18.0 Å². The molecule has 0 aromatic heterocycles. The molecule has 7 rings (SSSR count). The molecule has 1 saturated heterocycles. The molecule has 0 radical (unpaired) electrons. The number of ketones is 1. The van der Waals surface area contributed by atoms with Gasteiger partial charge in [-0.05, 0) is 61.5 Å². The molecular weight excluding hydrogens is 779 g/mol. The zero-order valence-electron chi connectivity index (χ0n) is 36.5. The van der Waals surface area contributed by atoms with E-state index in [4.69, 9.17) is 23.1 Å². The molecule has 314 valence electrons. The lowest BCUT2D eigenvalue weighted by atomic mass is 9.97. The first kappa shape index (κ1) is 43.5. The largest absolute Gasteiger partial charge is 0.497 e. The molecule has 2 heterocycles. The molecule has 0 amide bonds. The van der Waals surface area contributed by atoms with Crippen molar-refractivity contribution in [3.05, 3.63) is 163 Å². The van der Waals surface area contributed by atoms with Gasteiger partial charge in [-0.2, -0.15) is 0 Å². The third kappa shape index (κ3) is 8.62. The topological polar surface area (TPSA) is 66.5 Å². The van der Waals surface area contributed by atoms with E-state index in [1.807, 2.05) is 25.3 Å². The van der Waals surface area contributed by atoms with Crippen LogP contribution >= 0.6 is 0 Å². The fourth-order valence-electron chi connectivity index (χ4n) is 9.41. The van der Waals surface area contributed by atoms with E-state index in [2.05, 4.69) is 180 Å². The molecule has 0 aliphatic carbocycles. The standard InChI is InChI=1S/C51H61NO6Si2/c1-49(2,3)59(42-21-13-9-14-22-42,43-23-15-10-16-24-43)55-37-46-47(38-56-60(50(4,5)6,44-25-17-11-18-26-44)45-27-19-12-20-28-45)58-51(7,57-46)48-35-40(53)33-34-52(48)36-39-29-31-41(54-8)32-30-39/h9-34,46-48H,35-38H2,1-8H3/t46-,47-,48+/m0/s1. The lowest BCUT2D eigenvalue weighted by molar-refractivity contribution is -0.205. The maximum Gasteiger partial charge on any atom is 0.261 e. The molecular formula is C51H61NO6Si2. The van der Waals surface area contributed by atoms with E-state index >= 15 is 0 Å². The average molecular weight is 840 g/mol. The Labute approximate surface area is 359 Å². The molecule has 0 N–H and O–H groups in total. The monoisotopic (exact) mass is 839 g/mol. The van der Waals surface area contributed by atoms with Gasteiger partial charge >= 0.3 is 0 Å². The van der Waals surface area contributed by atoms with E-state index in [1.54, 1.807) is 13.2 Å². The van der Waals surface area contributed by atoms with Crippen molar-refractivity contribution in [1.29, 1.82) is 0 Å². The lowest BCUT2D eigenvalue weighted by Gasteiger charge is -2.44. The third-order valence-electron chi connectivity index (χ3n) is 12.3. The number of hydrogen-bond acceptors (Lipinski definition) is 7. The highest BCUT2D eigenvalue weighted by atomic mass is 28.4. The first-order valence-electron chi connectivity index (χ1n) is 21.2. The van der Waals surface area contributed by atoms with Crippen molar-refractivity contribution in [2.24, 2.45) is 0 Å². The number of hydrogen-bond donors (Lipinski definition) is 0. The Morgan fingerprint density at radius 2 is 1.00 bits per heavy atom. The summed E-state index contributed by atoms with van der Waals surface area (Å²) in [6, 6.07) is 50.4. The first-order chi connectivity index (χ1) is 28.7. The predicted octanol–water partition coefficient (Wildman–Crippen LogP) is 8.01. The second-order valence-corrected chi connectivity index (χ2v) is 26.9. The molecule has 1 fully saturated rings. The maximum absolute atomic E-state index is 13.3. The summed E-state index contributed by atoms with van der Waals surface area (Å²) in [4.78, 5) is 15.5. The summed E-state index contributed by atoms with van der Waals surface area (Å²) >= 11 is 0. The molecule has 0 spiro atoms. The SMILES string of the molecule is COc1ccc(CN2C=CC(=O)C[C@@H]2C2(C)O[C@@H](CO[Si](c3ccccc3)(c3ccccc3)C(C)(C)C)[C@H](CO[Si](c3ccccc3)(c3ccccc3)C(C)(C)C)O2)cc1. The van der Waals surface area contributed by atoms with Gasteiger partial charge in [0.25, 0.3) is 16.6 Å². The van der Waals surface area contributed by atoms with Crippen LogP contribution in [0.15, 0.2) is 158 Å². The molecule has 7 nitrogen and oxygen atoms in total. The van der Waals surface area contributed by atoms with Gasteiger partial charge in [0.2, 0.25) is 0 Å². The molecule has 2 aliphatic rings. The Bertz CT molecular complexity index is 2000. The van der Waals surface area contributed by atoms with Gasteiger partial charge in [-0.25, -0.2) is 0 Å². The van der Waals surface area contributed by atoms with Crippen LogP contribution < -0.4 is 25.5 Å². The van der Waals surface area contributed by atoms with Gasteiger partial charge in [0.15, 0.2) is 11.6 Å². The first-order valence-corrected chi connectivity index (χ1v) is 25.0. The summed E-state index contributed by atoms with van der Waals surface area (Å²) < 4.78 is 35.1. The molecule has 3 atom stereocenters. The van der Waals surface area contributed by atoms with E-state index in [0.29, 0.717) is 6.54 Å². The molecule has 0 bridgehead atoms. The molecule has 2 aliphatic heterocycles. The Balaban J connectivity index is 1.29. The molecule has 60 heavy (non-hydrogen) atoms. The maximum atomic E-state index is 13.3. The van der Waals surface area contributed by atoms with E-state index in [9.17, 15) is 4.79 Å². The van der Waals surface area contributed by atoms with Crippen LogP contribution in [0.25, 0.3) is 0 Å². The minimum atomic E-state index is -2.96. The van der Waals surface area contributed by atoms with Gasteiger partial charge < -0.3 is 28.0 Å². The van der Waals surface area contributed by atoms with Crippen LogP contribution in [-0.4, -0.2) is 71.7 Å². The van der Waals surface area contributed by atoms with Crippen molar-refractivity contribution < 1.29 is 27.9 Å². The van der Waals surface area contributed by atoms with E-state index in [0.717, 1.165) is 11.3 Å². The van der Waals surface area contributed by atoms with Crippen LogP contribution in [-0.2, 0) is 29.7 Å². The Hall–Kier alpha value is -4.62. The zero-order chi connectivity index (χ0) is 42.6. The number of rotatable bonds is 14. The van der Waals surface area contributed by atoms with Crippen molar-refractivity contribution >= 4 is 43.2 Å². The summed E-state index contributed by atoms with van der Waals surface area (Å²) in [6.07, 6.45) is 2.76. The smallest absolute Gasteiger partial charge is 0.261 e. The Morgan fingerprint density at radius 3 is 1.35 bits per heavy atom. The predicted molar refractivity (Wildman–Crippen MR) is 246 cm³/mol. The van der Waals surface area contributed by atoms with Gasteiger partial charge in [0.05, 0.1) is 26.4 Å². The van der Waals surface area contributed by atoms with Gasteiger partial charge in [-0.1, -0.05) is 175 Å². The van der Waals surface area contributed by atoms with Crippen LogP contribution in [0.3, 0.4) is 0 Å². The normalized spacial score (nSPS) is 19.7. The van der Waals surface area contributed by atoms with Gasteiger partial charge in [-0.3, -0.25) is 4.79 Å². The highest BCUT2D eigenvalue weighted by Crippen LogP contribution is 2.42. The van der Waals surface area contributed by atoms with Crippen molar-refractivity contribution in [2.75, 3.05) is 20.3 Å². The second kappa shape index (κ2) is 17.8. The highest BCUT2D eigenvalue weighted by molar-refractivity contribution is 7.00. The van der Waals surface area contributed by atoms with E-state index in [1.165, 1.54) is 20.7 Å². The lowest BCUT2D eigenvalue weighted by Crippen LogP contribution is -2.68. The van der Waals surface area contributed by atoms with Crippen LogP contribution in [0, 0.1) is 0 Å². The average Bonchev–Trinajstić information content (AvgIpc) is 3.58. The zero-order valence-corrected chi connectivity index (χ0v) is 38.5. The van der Waals surface area contributed by atoms with E-state index in [-0.39, 0.29) is 35.5 Å². The van der Waals surface area contributed by atoms with Crippen LogP contribution in [0.5, 0.6) is 5.75 Å². The minimum Gasteiger partial charge on any atom is -0.497 e. The third-order valence-corrected chi connectivity index (χ3v) is 22.3. The number of benzene rings is 5. The number of carbonyl (C=O) groups is 1. The van der Waals surface area contributed by atoms with Gasteiger partial charge in [0, 0.05) is 19.2 Å². The highest BCUT2D eigenvalue weighted by Gasteiger charge is 2.57. The quantitative estimate of drug-likeness (QED) is 0.105. The number of nitrogens with zero attached hydrogens (tertiary/aromatic N) is 1. The number of carbonyl (C=O) groups excluding carboxylic acids is 1. The summed E-state index contributed by atoms with van der Waals surface area (Å²) in [5, 5.41) is 4.29. The summed E-state index contributed by atoms with van der Waals surface area (Å²) in [5.41, 5.74) is 1.08.